The lowest BCUT2D eigenvalue weighted by Gasteiger charge is -2.25. The molecule has 0 nitrogen and oxygen atoms in total. The van der Waals surface area contributed by atoms with Crippen LogP contribution in [0.2, 0.25) is 13.1 Å². The van der Waals surface area contributed by atoms with Gasteiger partial charge < -0.3 is 0 Å². The zero-order chi connectivity index (χ0) is 46.6. The van der Waals surface area contributed by atoms with Crippen molar-refractivity contribution in [2.45, 2.75) is 64.5 Å². The highest BCUT2D eigenvalue weighted by Gasteiger charge is 2.40. The van der Waals surface area contributed by atoms with Gasteiger partial charge in [-0.3, -0.25) is 0 Å². The van der Waals surface area contributed by atoms with E-state index in [1.807, 2.05) is 0 Å². The summed E-state index contributed by atoms with van der Waals surface area (Å²) in [6.45, 7) is 14.8. The molecule has 0 aromatic heterocycles. The largest absolute Gasteiger partial charge is 0.113 e. The third-order valence-corrected chi connectivity index (χ3v) is 20.6. The molecule has 330 valence electrons. The second-order valence-corrected chi connectivity index (χ2v) is 26.2. The van der Waals surface area contributed by atoms with Gasteiger partial charge in [0.25, 0.3) is 0 Å². The highest BCUT2D eigenvalue weighted by Crippen LogP contribution is 2.54. The molecule has 0 N–H and O–H groups in total. The van der Waals surface area contributed by atoms with Crippen molar-refractivity contribution >= 4 is 56.3 Å². The van der Waals surface area contributed by atoms with Crippen LogP contribution in [-0.2, 0) is 10.8 Å². The summed E-state index contributed by atoms with van der Waals surface area (Å²) in [6.07, 6.45) is 9.19. The highest BCUT2D eigenvalue weighted by molar-refractivity contribution is 7.04. The van der Waals surface area contributed by atoms with Crippen molar-refractivity contribution in [1.29, 1.82) is 0 Å². The van der Waals surface area contributed by atoms with E-state index in [2.05, 4.69) is 235 Å². The van der Waals surface area contributed by atoms with E-state index in [1.54, 1.807) is 0 Å². The molecule has 10 aromatic rings. The Morgan fingerprint density at radius 2 is 0.870 bits per heavy atom. The Hall–Kier alpha value is -7.32. The maximum absolute atomic E-state index is 2.66. The van der Waals surface area contributed by atoms with Gasteiger partial charge in [0.1, 0.15) is 8.07 Å². The summed E-state index contributed by atoms with van der Waals surface area (Å²) in [4.78, 5) is 0. The van der Waals surface area contributed by atoms with Crippen LogP contribution in [0.5, 0.6) is 0 Å². The summed E-state index contributed by atoms with van der Waals surface area (Å²) in [7, 11) is -2.05. The molecule has 0 fully saturated rings. The minimum Gasteiger partial charge on any atom is -0.0836 e. The second-order valence-electron chi connectivity index (χ2n) is 21.9. The number of hydrogen-bond donors (Lipinski definition) is 0. The molecule has 10 aromatic carbocycles. The normalized spacial score (nSPS) is 16.2. The van der Waals surface area contributed by atoms with E-state index in [9.17, 15) is 0 Å². The van der Waals surface area contributed by atoms with Gasteiger partial charge in [0.05, 0.1) is 0 Å². The molecule has 0 saturated carbocycles. The van der Waals surface area contributed by atoms with Crippen molar-refractivity contribution < 1.29 is 0 Å². The van der Waals surface area contributed by atoms with Crippen LogP contribution in [0, 0.1) is 0 Å². The van der Waals surface area contributed by atoms with Crippen LogP contribution in [0.25, 0.3) is 105 Å². The van der Waals surface area contributed by atoms with E-state index in [0.717, 1.165) is 12.8 Å². The number of rotatable bonds is 4. The molecular formula is C68H54Si. The predicted molar refractivity (Wildman–Crippen MR) is 299 cm³/mol. The number of allylic oxidation sites excluding steroid dienone is 4. The van der Waals surface area contributed by atoms with Crippen LogP contribution >= 0.6 is 0 Å². The smallest absolute Gasteiger partial charge is 0.0836 e. The van der Waals surface area contributed by atoms with Gasteiger partial charge in [0.2, 0.25) is 0 Å². The van der Waals surface area contributed by atoms with E-state index in [1.165, 1.54) is 143 Å². The molecule has 69 heavy (non-hydrogen) atoms. The molecular weight excluding hydrogens is 845 g/mol. The van der Waals surface area contributed by atoms with Gasteiger partial charge in [0, 0.05) is 10.8 Å². The molecule has 0 bridgehead atoms. The Labute approximate surface area is 407 Å². The maximum Gasteiger partial charge on any atom is 0.113 e. The molecule has 14 rings (SSSR count). The molecule has 0 amide bonds. The summed E-state index contributed by atoms with van der Waals surface area (Å²) in [5.74, 6) is 0. The minimum absolute atomic E-state index is 0.119. The number of fused-ring (bicyclic) bond motifs is 12. The first-order valence-electron chi connectivity index (χ1n) is 25.1. The summed E-state index contributed by atoms with van der Waals surface area (Å²) in [5.41, 5.74) is 23.9. The van der Waals surface area contributed by atoms with Crippen LogP contribution < -0.4 is 10.4 Å². The molecule has 1 heterocycles. The van der Waals surface area contributed by atoms with E-state index in [-0.39, 0.29) is 10.8 Å². The number of hydrogen-bond acceptors (Lipinski definition) is 0. The number of benzene rings is 10. The lowest BCUT2D eigenvalue weighted by molar-refractivity contribution is 0.660. The Balaban J connectivity index is 1.07. The van der Waals surface area contributed by atoms with Crippen molar-refractivity contribution in [3.05, 3.63) is 222 Å². The van der Waals surface area contributed by atoms with Crippen LogP contribution in [0.15, 0.2) is 194 Å². The van der Waals surface area contributed by atoms with Gasteiger partial charge in [-0.1, -0.05) is 199 Å². The molecule has 3 aliphatic carbocycles. The average molecular weight is 899 g/mol. The molecule has 0 radical (unpaired) electrons. The molecule has 1 heteroatoms. The monoisotopic (exact) mass is 898 g/mol. The zero-order valence-electron chi connectivity index (χ0n) is 40.4. The fourth-order valence-electron chi connectivity index (χ4n) is 13.4. The van der Waals surface area contributed by atoms with Crippen LogP contribution in [-0.4, -0.2) is 8.07 Å². The van der Waals surface area contributed by atoms with E-state index in [0.29, 0.717) is 0 Å². The Morgan fingerprint density at radius 1 is 0.362 bits per heavy atom. The molecule has 0 saturated heterocycles. The zero-order valence-corrected chi connectivity index (χ0v) is 41.4. The molecule has 4 aliphatic rings. The van der Waals surface area contributed by atoms with Crippen molar-refractivity contribution in [1.82, 2.24) is 0 Å². The van der Waals surface area contributed by atoms with Crippen molar-refractivity contribution in [3.63, 3.8) is 0 Å². The van der Waals surface area contributed by atoms with Crippen LogP contribution in [0.4, 0.5) is 0 Å². The Bertz CT molecular complexity index is 3980. The van der Waals surface area contributed by atoms with E-state index < -0.39 is 8.07 Å². The topological polar surface area (TPSA) is 0 Å². The molecule has 0 spiro atoms. The fourth-order valence-corrected chi connectivity index (χ4v) is 16.5. The van der Waals surface area contributed by atoms with Gasteiger partial charge >= 0.3 is 0 Å². The van der Waals surface area contributed by atoms with E-state index in [4.69, 9.17) is 0 Å². The first-order valence-corrected chi connectivity index (χ1v) is 28.1. The van der Waals surface area contributed by atoms with Gasteiger partial charge in [-0.05, 0) is 192 Å². The van der Waals surface area contributed by atoms with Crippen molar-refractivity contribution in [2.24, 2.45) is 0 Å². The standard InChI is InChI=1S/C68H54Si/c1-67(2)59-21-13-10-18-49(59)51-31-29-47(37-61(51)67)65-54-33-28-46(45-27-26-43-34-42(24-25-44(43)35-45)41-16-8-7-9-17-41)36-56(54)66(48-30-32-52-50-19-11-14-22-60(50)68(3,4)62(52)38-48)58-40-64-55(39-57(58)65)53-20-12-15-23-63(53)69(64,5)6/h8,10-40H,7,9H2,1-6H3. The minimum atomic E-state index is -2.05. The van der Waals surface area contributed by atoms with Gasteiger partial charge in [-0.25, -0.2) is 0 Å². The molecule has 1 aliphatic heterocycles. The third kappa shape index (κ3) is 5.75. The lowest BCUT2D eigenvalue weighted by Crippen LogP contribution is -2.49. The highest BCUT2D eigenvalue weighted by atomic mass is 28.3. The summed E-state index contributed by atoms with van der Waals surface area (Å²) < 4.78 is 0. The first-order chi connectivity index (χ1) is 33.5. The SMILES string of the molecule is CC1(C)c2ccccc2-c2ccc(-c3c4ccc(-c5ccc6cc(C7=CCCC=C7)ccc6c5)cc4c(-c4ccc5c(c4)C(C)(C)c4ccccc4-5)c4cc5c(cc34)-c3ccccc3[Si]5(C)C)cc21. The van der Waals surface area contributed by atoms with Gasteiger partial charge in [-0.15, -0.1) is 0 Å². The van der Waals surface area contributed by atoms with Crippen molar-refractivity contribution in [3.8, 4) is 66.8 Å². The molecule has 0 atom stereocenters. The Kier molecular flexibility index (Phi) is 8.47. The third-order valence-electron chi connectivity index (χ3n) is 17.1. The predicted octanol–water partition coefficient (Wildman–Crippen LogP) is 17.3. The average Bonchev–Trinajstić information content (AvgIpc) is 3.86. The van der Waals surface area contributed by atoms with Crippen molar-refractivity contribution in [2.75, 3.05) is 0 Å². The molecule has 0 unspecified atom stereocenters. The maximum atomic E-state index is 2.66. The first kappa shape index (κ1) is 40.7. The quantitative estimate of drug-likeness (QED) is 0.122. The summed E-state index contributed by atoms with van der Waals surface area (Å²) in [6, 6.07) is 68.8. The Morgan fingerprint density at radius 3 is 1.52 bits per heavy atom. The fraction of sp³-hybridized carbons (Fsp3) is 0.147. The second kappa shape index (κ2) is 14.4. The summed E-state index contributed by atoms with van der Waals surface area (Å²) >= 11 is 0. The van der Waals surface area contributed by atoms with Gasteiger partial charge in [-0.2, -0.15) is 0 Å². The lowest BCUT2D eigenvalue weighted by atomic mass is 9.79. The van der Waals surface area contributed by atoms with Crippen LogP contribution in [0.1, 0.15) is 68.4 Å². The van der Waals surface area contributed by atoms with E-state index >= 15 is 0 Å². The summed E-state index contributed by atoms with van der Waals surface area (Å²) in [5, 5.41) is 10.9. The van der Waals surface area contributed by atoms with Gasteiger partial charge in [0.15, 0.2) is 0 Å². The van der Waals surface area contributed by atoms with Crippen LogP contribution in [0.3, 0.4) is 0 Å².